The van der Waals surface area contributed by atoms with Gasteiger partial charge in [-0.1, -0.05) is 11.6 Å². The van der Waals surface area contributed by atoms with E-state index in [-0.39, 0.29) is 34.4 Å². The fourth-order valence-corrected chi connectivity index (χ4v) is 3.38. The monoisotopic (exact) mass is 374 g/mol. The van der Waals surface area contributed by atoms with E-state index in [1.165, 1.54) is 19.4 Å². The van der Waals surface area contributed by atoms with Crippen molar-refractivity contribution in [1.29, 1.82) is 0 Å². The first kappa shape index (κ1) is 18.3. The molecular formula is C14H15ClN2O6S. The van der Waals surface area contributed by atoms with Crippen molar-refractivity contribution >= 4 is 33.3 Å². The van der Waals surface area contributed by atoms with E-state index in [9.17, 15) is 18.3 Å². The first-order valence-corrected chi connectivity index (χ1v) is 8.53. The SMILES string of the molecule is COCNS(=O)(=O)c1cc(C(=O)O)c(NCc2ccco2)cc1Cl. The fourth-order valence-electron chi connectivity index (χ4n) is 1.89. The Morgan fingerprint density at radius 1 is 1.42 bits per heavy atom. The molecule has 2 rings (SSSR count). The zero-order chi connectivity index (χ0) is 17.7. The molecule has 0 unspecified atom stereocenters. The number of carboxylic acid groups (broad SMARTS) is 1. The van der Waals surface area contributed by atoms with Crippen molar-refractivity contribution in [3.63, 3.8) is 0 Å². The summed E-state index contributed by atoms with van der Waals surface area (Å²) in [5.41, 5.74) is -0.0571. The molecule has 1 aromatic heterocycles. The molecule has 3 N–H and O–H groups in total. The Kier molecular flexibility index (Phi) is 5.84. The topological polar surface area (TPSA) is 118 Å². The van der Waals surface area contributed by atoms with Crippen molar-refractivity contribution in [3.8, 4) is 0 Å². The first-order chi connectivity index (χ1) is 11.3. The quantitative estimate of drug-likeness (QED) is 0.605. The number of carbonyl (C=O) groups is 1. The normalized spacial score (nSPS) is 11.4. The summed E-state index contributed by atoms with van der Waals surface area (Å²) in [7, 11) is -2.69. The van der Waals surface area contributed by atoms with Gasteiger partial charge in [-0.15, -0.1) is 0 Å². The lowest BCUT2D eigenvalue weighted by atomic mass is 10.1. The van der Waals surface area contributed by atoms with Crippen LogP contribution in [0.2, 0.25) is 5.02 Å². The molecule has 0 aliphatic rings. The van der Waals surface area contributed by atoms with Crippen LogP contribution in [0, 0.1) is 0 Å². The Balaban J connectivity index is 2.36. The summed E-state index contributed by atoms with van der Waals surface area (Å²) < 4.78 is 36.2. The van der Waals surface area contributed by atoms with Crippen LogP contribution in [0.4, 0.5) is 5.69 Å². The van der Waals surface area contributed by atoms with Gasteiger partial charge < -0.3 is 19.6 Å². The van der Waals surface area contributed by atoms with Crippen LogP contribution < -0.4 is 10.0 Å². The second kappa shape index (κ2) is 7.67. The van der Waals surface area contributed by atoms with Gasteiger partial charge >= 0.3 is 5.97 Å². The summed E-state index contributed by atoms with van der Waals surface area (Å²) in [6, 6.07) is 5.64. The number of nitrogens with one attached hydrogen (secondary N) is 2. The van der Waals surface area contributed by atoms with E-state index in [0.29, 0.717) is 5.76 Å². The third-order valence-corrected chi connectivity index (χ3v) is 4.86. The lowest BCUT2D eigenvalue weighted by Gasteiger charge is -2.13. The van der Waals surface area contributed by atoms with Crippen molar-refractivity contribution in [1.82, 2.24) is 4.72 Å². The van der Waals surface area contributed by atoms with Gasteiger partial charge in [-0.2, -0.15) is 4.72 Å². The molecule has 0 saturated carbocycles. The number of benzene rings is 1. The third-order valence-electron chi connectivity index (χ3n) is 3.02. The van der Waals surface area contributed by atoms with Gasteiger partial charge in [0.25, 0.3) is 0 Å². The summed E-state index contributed by atoms with van der Waals surface area (Å²) in [6.07, 6.45) is 1.49. The number of aromatic carboxylic acids is 1. The molecule has 0 atom stereocenters. The van der Waals surface area contributed by atoms with Crippen LogP contribution in [-0.2, 0) is 21.3 Å². The van der Waals surface area contributed by atoms with Gasteiger partial charge in [0.15, 0.2) is 0 Å². The van der Waals surface area contributed by atoms with E-state index in [4.69, 9.17) is 16.0 Å². The van der Waals surface area contributed by atoms with E-state index >= 15 is 0 Å². The molecule has 0 amide bonds. The van der Waals surface area contributed by atoms with Crippen LogP contribution in [0.3, 0.4) is 0 Å². The van der Waals surface area contributed by atoms with Crippen LogP contribution >= 0.6 is 11.6 Å². The van der Waals surface area contributed by atoms with Crippen molar-refractivity contribution < 1.29 is 27.5 Å². The predicted octanol–water partition coefficient (Wildman–Crippen LogP) is 2.13. The van der Waals surface area contributed by atoms with Gasteiger partial charge in [0.05, 0.1) is 29.1 Å². The van der Waals surface area contributed by atoms with E-state index in [0.717, 1.165) is 6.07 Å². The lowest BCUT2D eigenvalue weighted by Crippen LogP contribution is -2.26. The summed E-state index contributed by atoms with van der Waals surface area (Å²) >= 11 is 6.01. The van der Waals surface area contributed by atoms with Crippen LogP contribution in [0.15, 0.2) is 39.8 Å². The minimum Gasteiger partial charge on any atom is -0.478 e. The maximum Gasteiger partial charge on any atom is 0.337 e. The molecule has 2 aromatic rings. The van der Waals surface area contributed by atoms with Crippen LogP contribution in [-0.4, -0.2) is 33.3 Å². The molecule has 0 radical (unpaired) electrons. The minimum absolute atomic E-state index is 0.120. The molecule has 0 fully saturated rings. The molecule has 0 spiro atoms. The van der Waals surface area contributed by atoms with Gasteiger partial charge in [-0.05, 0) is 24.3 Å². The van der Waals surface area contributed by atoms with Gasteiger partial charge in [0.2, 0.25) is 10.0 Å². The molecule has 24 heavy (non-hydrogen) atoms. The van der Waals surface area contributed by atoms with Crippen molar-refractivity contribution in [2.45, 2.75) is 11.4 Å². The Morgan fingerprint density at radius 3 is 2.75 bits per heavy atom. The summed E-state index contributed by atoms with van der Waals surface area (Å²) in [5.74, 6) is -0.710. The standard InChI is InChI=1S/C14H15ClN2O6S/c1-22-8-17-24(20,21)13-5-10(14(18)19)12(6-11(13)15)16-7-9-3-2-4-23-9/h2-6,16-17H,7-8H2,1H3,(H,18,19). The van der Waals surface area contributed by atoms with Crippen molar-refractivity contribution in [3.05, 3.63) is 46.9 Å². The van der Waals surface area contributed by atoms with E-state index in [2.05, 4.69) is 14.8 Å². The molecule has 0 aliphatic heterocycles. The largest absolute Gasteiger partial charge is 0.478 e. The molecular weight excluding hydrogens is 360 g/mol. The summed E-state index contributed by atoms with van der Waals surface area (Å²) in [6.45, 7) is -0.0445. The highest BCUT2D eigenvalue weighted by Gasteiger charge is 2.22. The maximum atomic E-state index is 12.1. The van der Waals surface area contributed by atoms with Gasteiger partial charge in [0, 0.05) is 7.11 Å². The fraction of sp³-hybridized carbons (Fsp3) is 0.214. The molecule has 10 heteroatoms. The summed E-state index contributed by atoms with van der Waals surface area (Å²) in [4.78, 5) is 11.1. The van der Waals surface area contributed by atoms with Gasteiger partial charge in [-0.25, -0.2) is 13.2 Å². The van der Waals surface area contributed by atoms with Crippen molar-refractivity contribution in [2.24, 2.45) is 0 Å². The average molecular weight is 375 g/mol. The number of hydrogen-bond acceptors (Lipinski definition) is 6. The van der Waals surface area contributed by atoms with E-state index in [1.807, 2.05) is 0 Å². The van der Waals surface area contributed by atoms with E-state index < -0.39 is 16.0 Å². The smallest absolute Gasteiger partial charge is 0.337 e. The zero-order valence-electron chi connectivity index (χ0n) is 12.6. The van der Waals surface area contributed by atoms with E-state index in [1.54, 1.807) is 12.1 Å². The molecule has 1 heterocycles. The highest BCUT2D eigenvalue weighted by atomic mass is 35.5. The van der Waals surface area contributed by atoms with Crippen LogP contribution in [0.5, 0.6) is 0 Å². The number of halogens is 1. The number of methoxy groups -OCH3 is 1. The van der Waals surface area contributed by atoms with Crippen molar-refractivity contribution in [2.75, 3.05) is 19.2 Å². The number of rotatable bonds is 8. The zero-order valence-corrected chi connectivity index (χ0v) is 14.1. The second-order valence-electron chi connectivity index (χ2n) is 4.65. The minimum atomic E-state index is -4.00. The summed E-state index contributed by atoms with van der Waals surface area (Å²) in [5, 5.41) is 12.1. The highest BCUT2D eigenvalue weighted by molar-refractivity contribution is 7.89. The Labute approximate surface area is 143 Å². The molecule has 0 bridgehead atoms. The predicted molar refractivity (Wildman–Crippen MR) is 86.6 cm³/mol. The molecule has 130 valence electrons. The number of furan rings is 1. The molecule has 8 nitrogen and oxygen atoms in total. The Morgan fingerprint density at radius 2 is 2.17 bits per heavy atom. The van der Waals surface area contributed by atoms with Crippen LogP contribution in [0.25, 0.3) is 0 Å². The highest BCUT2D eigenvalue weighted by Crippen LogP contribution is 2.29. The number of ether oxygens (including phenoxy) is 1. The Hall–Kier alpha value is -2.07. The number of anilines is 1. The van der Waals surface area contributed by atoms with Crippen LogP contribution in [0.1, 0.15) is 16.1 Å². The Bertz CT molecular complexity index is 820. The molecule has 0 saturated heterocycles. The maximum absolute atomic E-state index is 12.1. The number of sulfonamides is 1. The molecule has 1 aromatic carbocycles. The number of carboxylic acids is 1. The van der Waals surface area contributed by atoms with Gasteiger partial charge in [-0.3, -0.25) is 0 Å². The second-order valence-corrected chi connectivity index (χ2v) is 6.79. The average Bonchev–Trinajstić information content (AvgIpc) is 3.03. The third kappa shape index (κ3) is 4.26. The lowest BCUT2D eigenvalue weighted by molar-refractivity contribution is 0.0697. The molecule has 0 aliphatic carbocycles. The first-order valence-electron chi connectivity index (χ1n) is 6.67. The number of hydrogen-bond donors (Lipinski definition) is 3. The van der Waals surface area contributed by atoms with Gasteiger partial charge in [0.1, 0.15) is 17.4 Å².